The highest BCUT2D eigenvalue weighted by molar-refractivity contribution is 7.99. The second-order valence-electron chi connectivity index (χ2n) is 4.41. The lowest BCUT2D eigenvalue weighted by Crippen LogP contribution is -2.10. The Hall–Kier alpha value is -1.49. The zero-order valence-electron chi connectivity index (χ0n) is 10.0. The standard InChI is InChI=1S/C13H15N3OS/c1-2-5-10(4-1)17-11-6-3-7-12(8-11)18-13-9-14-16-15-13/h3,6-10H,1-2,4-5H2,(H,14,15,16). The molecule has 1 aliphatic rings. The molecule has 5 heteroatoms. The average molecular weight is 261 g/mol. The molecule has 3 rings (SSSR count). The number of ether oxygens (including phenoxy) is 1. The van der Waals surface area contributed by atoms with Crippen molar-refractivity contribution in [1.29, 1.82) is 0 Å². The Balaban J connectivity index is 1.68. The fourth-order valence-corrected chi connectivity index (χ4v) is 2.93. The number of hydrogen-bond acceptors (Lipinski definition) is 4. The first kappa shape index (κ1) is 11.6. The van der Waals surface area contributed by atoms with E-state index in [0.29, 0.717) is 6.10 Å². The van der Waals surface area contributed by atoms with Crippen LogP contribution in [0.15, 0.2) is 40.4 Å². The van der Waals surface area contributed by atoms with E-state index in [1.807, 2.05) is 12.1 Å². The Morgan fingerprint density at radius 2 is 2.17 bits per heavy atom. The maximum Gasteiger partial charge on any atom is 0.143 e. The Labute approximate surface area is 110 Å². The highest BCUT2D eigenvalue weighted by Crippen LogP contribution is 2.30. The lowest BCUT2D eigenvalue weighted by atomic mass is 10.3. The van der Waals surface area contributed by atoms with Gasteiger partial charge in [-0.1, -0.05) is 23.0 Å². The molecule has 1 aromatic heterocycles. The van der Waals surface area contributed by atoms with Crippen molar-refractivity contribution < 1.29 is 4.74 Å². The predicted octanol–water partition coefficient (Wildman–Crippen LogP) is 3.28. The number of aromatic nitrogens is 3. The van der Waals surface area contributed by atoms with Gasteiger partial charge in [-0.15, -0.1) is 5.10 Å². The van der Waals surface area contributed by atoms with Crippen molar-refractivity contribution in [3.63, 3.8) is 0 Å². The summed E-state index contributed by atoms with van der Waals surface area (Å²) >= 11 is 1.58. The van der Waals surface area contributed by atoms with E-state index in [1.165, 1.54) is 25.7 Å². The van der Waals surface area contributed by atoms with Crippen LogP contribution in [0.5, 0.6) is 5.75 Å². The summed E-state index contributed by atoms with van der Waals surface area (Å²) in [7, 11) is 0. The molecule has 18 heavy (non-hydrogen) atoms. The lowest BCUT2D eigenvalue weighted by Gasteiger charge is -2.13. The zero-order chi connectivity index (χ0) is 12.2. The number of nitrogens with zero attached hydrogens (tertiary/aromatic N) is 2. The highest BCUT2D eigenvalue weighted by Gasteiger charge is 2.16. The van der Waals surface area contributed by atoms with Crippen LogP contribution in [0, 0.1) is 0 Å². The van der Waals surface area contributed by atoms with Crippen LogP contribution >= 0.6 is 11.8 Å². The van der Waals surface area contributed by atoms with Gasteiger partial charge in [0.05, 0.1) is 12.3 Å². The summed E-state index contributed by atoms with van der Waals surface area (Å²) < 4.78 is 5.98. The van der Waals surface area contributed by atoms with E-state index in [0.717, 1.165) is 15.7 Å². The lowest BCUT2D eigenvalue weighted by molar-refractivity contribution is 0.209. The van der Waals surface area contributed by atoms with Crippen LogP contribution < -0.4 is 4.74 Å². The molecule has 0 spiro atoms. The van der Waals surface area contributed by atoms with E-state index in [4.69, 9.17) is 4.74 Å². The second-order valence-corrected chi connectivity index (χ2v) is 5.51. The molecule has 4 nitrogen and oxygen atoms in total. The quantitative estimate of drug-likeness (QED) is 0.917. The summed E-state index contributed by atoms with van der Waals surface area (Å²) in [4.78, 5) is 1.12. The summed E-state index contributed by atoms with van der Waals surface area (Å²) in [5.74, 6) is 0.954. The summed E-state index contributed by atoms with van der Waals surface area (Å²) in [5.41, 5.74) is 0. The van der Waals surface area contributed by atoms with Gasteiger partial charge in [0.1, 0.15) is 10.8 Å². The molecule has 1 heterocycles. The molecule has 1 fully saturated rings. The van der Waals surface area contributed by atoms with Crippen molar-refractivity contribution in [3.8, 4) is 5.75 Å². The molecular formula is C13H15N3OS. The molecular weight excluding hydrogens is 246 g/mol. The van der Waals surface area contributed by atoms with E-state index in [2.05, 4.69) is 27.5 Å². The average Bonchev–Trinajstić information content (AvgIpc) is 3.03. The van der Waals surface area contributed by atoms with Gasteiger partial charge in [-0.2, -0.15) is 0 Å². The van der Waals surface area contributed by atoms with E-state index < -0.39 is 0 Å². The fraction of sp³-hybridized carbons (Fsp3) is 0.385. The van der Waals surface area contributed by atoms with Crippen molar-refractivity contribution in [2.24, 2.45) is 0 Å². The van der Waals surface area contributed by atoms with Gasteiger partial charge in [-0.05, 0) is 43.9 Å². The summed E-state index contributed by atoms with van der Waals surface area (Å²) in [6, 6.07) is 8.16. The van der Waals surface area contributed by atoms with Crippen LogP contribution in [0.25, 0.3) is 0 Å². The third-order valence-electron chi connectivity index (χ3n) is 3.03. The van der Waals surface area contributed by atoms with Gasteiger partial charge in [0.2, 0.25) is 0 Å². The van der Waals surface area contributed by atoms with Crippen LogP contribution in [-0.4, -0.2) is 21.5 Å². The second kappa shape index (κ2) is 5.44. The van der Waals surface area contributed by atoms with Crippen LogP contribution in [0.2, 0.25) is 0 Å². The molecule has 1 aliphatic carbocycles. The van der Waals surface area contributed by atoms with E-state index >= 15 is 0 Å². The molecule has 94 valence electrons. The molecule has 2 aromatic rings. The Morgan fingerprint density at radius 3 is 2.94 bits per heavy atom. The maximum atomic E-state index is 5.98. The number of hydrogen-bond donors (Lipinski definition) is 1. The van der Waals surface area contributed by atoms with Gasteiger partial charge >= 0.3 is 0 Å². The summed E-state index contributed by atoms with van der Waals surface area (Å²) in [5, 5.41) is 11.2. The monoisotopic (exact) mass is 261 g/mol. The van der Waals surface area contributed by atoms with Gasteiger partial charge in [0, 0.05) is 4.90 Å². The van der Waals surface area contributed by atoms with E-state index in [-0.39, 0.29) is 0 Å². The van der Waals surface area contributed by atoms with Gasteiger partial charge in [0.15, 0.2) is 0 Å². The number of benzene rings is 1. The van der Waals surface area contributed by atoms with Crippen LogP contribution in [0.1, 0.15) is 25.7 Å². The third-order valence-corrected chi connectivity index (χ3v) is 3.93. The minimum absolute atomic E-state index is 0.400. The normalized spacial score (nSPS) is 16.0. The number of H-pyrrole nitrogens is 1. The first-order valence-corrected chi connectivity index (χ1v) is 7.03. The van der Waals surface area contributed by atoms with Gasteiger partial charge in [-0.3, -0.25) is 5.10 Å². The van der Waals surface area contributed by atoms with Crippen molar-refractivity contribution in [1.82, 2.24) is 15.4 Å². The van der Waals surface area contributed by atoms with Crippen molar-refractivity contribution in [3.05, 3.63) is 30.5 Å². The molecule has 1 N–H and O–H groups in total. The van der Waals surface area contributed by atoms with Crippen molar-refractivity contribution >= 4 is 11.8 Å². The van der Waals surface area contributed by atoms with E-state index in [1.54, 1.807) is 18.0 Å². The van der Waals surface area contributed by atoms with Crippen LogP contribution in [0.3, 0.4) is 0 Å². The van der Waals surface area contributed by atoms with Gasteiger partial charge in [-0.25, -0.2) is 0 Å². The third kappa shape index (κ3) is 2.85. The number of aromatic amines is 1. The van der Waals surface area contributed by atoms with Crippen molar-refractivity contribution in [2.75, 3.05) is 0 Å². The molecule has 0 aliphatic heterocycles. The van der Waals surface area contributed by atoms with Gasteiger partial charge in [0.25, 0.3) is 0 Å². The highest BCUT2D eigenvalue weighted by atomic mass is 32.2. The topological polar surface area (TPSA) is 50.8 Å². The zero-order valence-corrected chi connectivity index (χ0v) is 10.8. The SMILES string of the molecule is c1cc(OC2CCCC2)cc(Sc2c[nH]nn2)c1. The predicted molar refractivity (Wildman–Crippen MR) is 69.8 cm³/mol. The molecule has 0 radical (unpaired) electrons. The molecule has 1 saturated carbocycles. The Morgan fingerprint density at radius 1 is 1.28 bits per heavy atom. The van der Waals surface area contributed by atoms with Crippen molar-refractivity contribution in [2.45, 2.75) is 41.7 Å². The van der Waals surface area contributed by atoms with Crippen LogP contribution in [-0.2, 0) is 0 Å². The molecule has 0 amide bonds. The molecule has 1 aromatic carbocycles. The number of rotatable bonds is 4. The summed E-state index contributed by atoms with van der Waals surface area (Å²) in [6.07, 6.45) is 7.13. The fourth-order valence-electron chi connectivity index (χ4n) is 2.17. The minimum atomic E-state index is 0.400. The Bertz CT molecular complexity index is 495. The molecule has 0 bridgehead atoms. The summed E-state index contributed by atoms with van der Waals surface area (Å²) in [6.45, 7) is 0. The van der Waals surface area contributed by atoms with Gasteiger partial charge < -0.3 is 4.74 Å². The molecule has 0 atom stereocenters. The minimum Gasteiger partial charge on any atom is -0.490 e. The maximum absolute atomic E-state index is 5.98. The largest absolute Gasteiger partial charge is 0.490 e. The Kier molecular flexibility index (Phi) is 3.50. The first-order valence-electron chi connectivity index (χ1n) is 6.21. The van der Waals surface area contributed by atoms with Crippen LogP contribution in [0.4, 0.5) is 0 Å². The smallest absolute Gasteiger partial charge is 0.143 e. The van der Waals surface area contributed by atoms with E-state index in [9.17, 15) is 0 Å². The number of nitrogens with one attached hydrogen (secondary N) is 1. The molecule has 0 unspecified atom stereocenters. The molecule has 0 saturated heterocycles. The first-order chi connectivity index (χ1) is 8.90.